The summed E-state index contributed by atoms with van der Waals surface area (Å²) in [4.78, 5) is 21.8. The van der Waals surface area contributed by atoms with E-state index in [1.807, 2.05) is 115 Å². The van der Waals surface area contributed by atoms with Gasteiger partial charge in [-0.15, -0.1) is 71.8 Å². The predicted molar refractivity (Wildman–Crippen MR) is 143 cm³/mol. The third-order valence-corrected chi connectivity index (χ3v) is 6.23. The maximum absolute atomic E-state index is 12.9. The van der Waals surface area contributed by atoms with Crippen molar-refractivity contribution in [1.82, 2.24) is 9.97 Å². The Morgan fingerprint density at radius 3 is 1.95 bits per heavy atom. The van der Waals surface area contributed by atoms with Crippen molar-refractivity contribution < 1.29 is 24.9 Å². The van der Waals surface area contributed by atoms with E-state index in [-0.39, 0.29) is 25.9 Å². The summed E-state index contributed by atoms with van der Waals surface area (Å²) in [5.74, 6) is 0.0814. The molecule has 0 aliphatic heterocycles. The van der Waals surface area contributed by atoms with Crippen molar-refractivity contribution >= 4 is 16.6 Å². The van der Waals surface area contributed by atoms with Crippen LogP contribution < -0.4 is 0 Å². The molecule has 1 aliphatic rings. The molecule has 0 amide bonds. The average Bonchev–Trinajstić information content (AvgIpc) is 2.97. The standard InChI is InChI=1S/C22H12NO.C11H8N.Ir/c24-22-16-10-5-4-9-15(16)19-13-23-21(14-7-2-1-3-8-14)17-11-6-12-18(22)20(17)19;1-2-6-10(7-3-1)11-8-4-5-9-12-11;/h1-7,9-13H;1-6,8-9H;/q2*-1;. The van der Waals surface area contributed by atoms with Crippen LogP contribution in [0.25, 0.3) is 44.4 Å². The first kappa shape index (κ1) is 24.5. The molecule has 179 valence electrons. The Morgan fingerprint density at radius 1 is 0.568 bits per heavy atom. The molecule has 0 bridgehead atoms. The summed E-state index contributed by atoms with van der Waals surface area (Å²) in [6.45, 7) is 0. The molecule has 4 heteroatoms. The number of pyridine rings is 2. The van der Waals surface area contributed by atoms with Crippen molar-refractivity contribution in [2.45, 2.75) is 0 Å². The summed E-state index contributed by atoms with van der Waals surface area (Å²) in [7, 11) is 0. The van der Waals surface area contributed by atoms with Crippen molar-refractivity contribution in [3.63, 3.8) is 0 Å². The molecule has 0 spiro atoms. The van der Waals surface area contributed by atoms with Crippen molar-refractivity contribution in [2.75, 3.05) is 0 Å². The fourth-order valence-corrected chi connectivity index (χ4v) is 4.59. The van der Waals surface area contributed by atoms with Gasteiger partial charge in [0.1, 0.15) is 0 Å². The number of hydrogen-bond acceptors (Lipinski definition) is 3. The van der Waals surface area contributed by atoms with Gasteiger partial charge >= 0.3 is 0 Å². The van der Waals surface area contributed by atoms with Crippen LogP contribution in [-0.2, 0) is 20.1 Å². The van der Waals surface area contributed by atoms with E-state index in [9.17, 15) is 4.79 Å². The summed E-state index contributed by atoms with van der Waals surface area (Å²) in [6, 6.07) is 41.5. The number of hydrogen-bond donors (Lipinski definition) is 0. The molecule has 37 heavy (non-hydrogen) atoms. The Labute approximate surface area is 229 Å². The Bertz CT molecular complexity index is 1650. The summed E-state index contributed by atoms with van der Waals surface area (Å²) in [5, 5.41) is 1.98. The van der Waals surface area contributed by atoms with E-state index in [4.69, 9.17) is 4.98 Å². The molecule has 1 radical (unpaired) electrons. The number of carbonyl (C=O) groups is 1. The third kappa shape index (κ3) is 4.65. The second-order valence-electron chi connectivity index (χ2n) is 8.39. The summed E-state index contributed by atoms with van der Waals surface area (Å²) < 4.78 is 0. The summed E-state index contributed by atoms with van der Waals surface area (Å²) >= 11 is 0. The summed E-state index contributed by atoms with van der Waals surface area (Å²) in [5.41, 5.74) is 7.30. The first-order valence-corrected chi connectivity index (χ1v) is 11.7. The molecular weight excluding hydrogens is 633 g/mol. The molecule has 0 atom stereocenters. The fourth-order valence-electron chi connectivity index (χ4n) is 4.59. The number of aromatic nitrogens is 2. The van der Waals surface area contributed by atoms with Crippen LogP contribution >= 0.6 is 0 Å². The van der Waals surface area contributed by atoms with Gasteiger partial charge in [0.25, 0.3) is 0 Å². The molecule has 0 unspecified atom stereocenters. The molecule has 3 nitrogen and oxygen atoms in total. The molecule has 0 N–H and O–H groups in total. The van der Waals surface area contributed by atoms with Gasteiger partial charge in [0.15, 0.2) is 5.78 Å². The Kier molecular flexibility index (Phi) is 7.13. The minimum absolute atomic E-state index is 0. The number of carbonyl (C=O) groups excluding carboxylic acids is 1. The summed E-state index contributed by atoms with van der Waals surface area (Å²) in [6.07, 6.45) is 3.67. The van der Waals surface area contributed by atoms with Crippen LogP contribution in [-0.4, -0.2) is 15.8 Å². The third-order valence-electron chi connectivity index (χ3n) is 6.23. The van der Waals surface area contributed by atoms with E-state index in [2.05, 4.69) is 17.1 Å². The molecular formula is C33H20IrN2O-2. The average molecular weight is 653 g/mol. The van der Waals surface area contributed by atoms with Gasteiger partial charge in [-0.2, -0.15) is 0 Å². The molecule has 0 fully saturated rings. The van der Waals surface area contributed by atoms with Gasteiger partial charge in [-0.3, -0.25) is 4.79 Å². The first-order chi connectivity index (χ1) is 17.8. The number of ketones is 1. The second kappa shape index (κ2) is 10.8. The second-order valence-corrected chi connectivity index (χ2v) is 8.39. The minimum atomic E-state index is 0. The molecule has 1 aliphatic carbocycles. The normalized spacial score (nSPS) is 11.1. The number of benzene rings is 4. The maximum Gasteiger partial charge on any atom is 0.194 e. The molecule has 0 saturated carbocycles. The molecule has 0 saturated heterocycles. The monoisotopic (exact) mass is 653 g/mol. The van der Waals surface area contributed by atoms with Crippen LogP contribution in [0.1, 0.15) is 15.9 Å². The Morgan fingerprint density at radius 2 is 1.24 bits per heavy atom. The van der Waals surface area contributed by atoms with Crippen molar-refractivity contribution in [3.8, 4) is 33.6 Å². The van der Waals surface area contributed by atoms with Crippen LogP contribution in [0.3, 0.4) is 0 Å². The van der Waals surface area contributed by atoms with Gasteiger partial charge < -0.3 is 9.97 Å². The molecule has 2 heterocycles. The van der Waals surface area contributed by atoms with Gasteiger partial charge in [0.05, 0.1) is 0 Å². The molecule has 4 aromatic carbocycles. The van der Waals surface area contributed by atoms with E-state index in [0.717, 1.165) is 55.5 Å². The zero-order valence-corrected chi connectivity index (χ0v) is 22.1. The number of rotatable bonds is 2. The van der Waals surface area contributed by atoms with Crippen LogP contribution in [0.5, 0.6) is 0 Å². The van der Waals surface area contributed by atoms with E-state index >= 15 is 0 Å². The van der Waals surface area contributed by atoms with E-state index < -0.39 is 0 Å². The van der Waals surface area contributed by atoms with Crippen LogP contribution in [0.2, 0.25) is 0 Å². The Balaban J connectivity index is 0.000000183. The molecule has 7 rings (SSSR count). The largest absolute Gasteiger partial charge is 0.305 e. The van der Waals surface area contributed by atoms with Crippen LogP contribution in [0.4, 0.5) is 0 Å². The predicted octanol–water partition coefficient (Wildman–Crippen LogP) is 7.46. The zero-order valence-electron chi connectivity index (χ0n) is 19.7. The van der Waals surface area contributed by atoms with E-state index in [1.165, 1.54) is 0 Å². The van der Waals surface area contributed by atoms with Gasteiger partial charge in [0.2, 0.25) is 0 Å². The van der Waals surface area contributed by atoms with Crippen molar-refractivity contribution in [1.29, 1.82) is 0 Å². The topological polar surface area (TPSA) is 42.9 Å². The van der Waals surface area contributed by atoms with Crippen LogP contribution in [0.15, 0.2) is 122 Å². The Hall–Kier alpha value is -4.24. The SMILES string of the molecule is O=C1c2ccccc2-c2cnc(-c3[c-]cccc3)c3cccc1c23.[Ir].[c-]1ccccc1-c1ccccn1. The van der Waals surface area contributed by atoms with E-state index in [0.29, 0.717) is 0 Å². The zero-order chi connectivity index (χ0) is 24.3. The molecule has 6 aromatic rings. The molecule has 2 aromatic heterocycles. The number of nitrogens with zero attached hydrogens (tertiary/aromatic N) is 2. The first-order valence-electron chi connectivity index (χ1n) is 11.7. The minimum Gasteiger partial charge on any atom is -0.305 e. The van der Waals surface area contributed by atoms with Gasteiger partial charge in [0, 0.05) is 49.2 Å². The van der Waals surface area contributed by atoms with Gasteiger partial charge in [-0.1, -0.05) is 54.6 Å². The van der Waals surface area contributed by atoms with E-state index in [1.54, 1.807) is 6.20 Å². The van der Waals surface area contributed by atoms with Crippen LogP contribution in [0, 0.1) is 12.1 Å². The van der Waals surface area contributed by atoms with Gasteiger partial charge in [-0.05, 0) is 33.8 Å². The van der Waals surface area contributed by atoms with Crippen molar-refractivity contribution in [2.24, 2.45) is 0 Å². The quantitative estimate of drug-likeness (QED) is 0.182. The van der Waals surface area contributed by atoms with Crippen molar-refractivity contribution in [3.05, 3.63) is 145 Å². The maximum atomic E-state index is 12.9. The fraction of sp³-hybridized carbons (Fsp3) is 0. The smallest absolute Gasteiger partial charge is 0.194 e. The van der Waals surface area contributed by atoms with Gasteiger partial charge in [-0.25, -0.2) is 0 Å². The number of fused-ring (bicyclic) bond motifs is 2.